The fourth-order valence-electron chi connectivity index (χ4n) is 7.26. The van der Waals surface area contributed by atoms with Crippen LogP contribution in [0, 0.1) is 23.7 Å². The molecule has 4 fully saturated rings. The monoisotopic (exact) mass is 379 g/mol. The fourth-order valence-corrected chi connectivity index (χ4v) is 7.26. The molecule has 2 nitrogen and oxygen atoms in total. The lowest BCUT2D eigenvalue weighted by Gasteiger charge is -2.54. The predicted octanol–water partition coefficient (Wildman–Crippen LogP) is 7.19. The van der Waals surface area contributed by atoms with Crippen LogP contribution >= 0.6 is 0 Å². The zero-order chi connectivity index (χ0) is 18.9. The second-order valence-corrected chi connectivity index (χ2v) is 9.68. The van der Waals surface area contributed by atoms with Crippen molar-refractivity contribution < 1.29 is 4.42 Å². The van der Waals surface area contributed by atoms with Crippen LogP contribution < -0.4 is 0 Å². The summed E-state index contributed by atoms with van der Waals surface area (Å²) in [4.78, 5) is 4.58. The van der Waals surface area contributed by atoms with E-state index in [2.05, 4.69) is 47.4 Å². The molecule has 0 radical (unpaired) electrons. The van der Waals surface area contributed by atoms with E-state index in [1.165, 1.54) is 48.4 Å². The first kappa shape index (κ1) is 16.2. The van der Waals surface area contributed by atoms with Crippen molar-refractivity contribution in [1.29, 1.82) is 0 Å². The molecule has 0 spiro atoms. The van der Waals surface area contributed by atoms with E-state index in [1.807, 2.05) is 18.3 Å². The molecular formula is C27H25NO. The number of hydrogen-bond donors (Lipinski definition) is 0. The summed E-state index contributed by atoms with van der Waals surface area (Å²) in [5.41, 5.74) is 5.66. The first-order valence-corrected chi connectivity index (χ1v) is 11.2. The van der Waals surface area contributed by atoms with E-state index in [4.69, 9.17) is 4.42 Å². The summed E-state index contributed by atoms with van der Waals surface area (Å²) in [5, 5.41) is 2.48. The van der Waals surface area contributed by atoms with Gasteiger partial charge < -0.3 is 4.42 Å². The molecule has 0 saturated heterocycles. The lowest BCUT2D eigenvalue weighted by atomic mass is 9.50. The number of fused-ring (bicyclic) bond motifs is 3. The number of benzene rings is 2. The van der Waals surface area contributed by atoms with Crippen molar-refractivity contribution >= 4 is 21.9 Å². The number of nitrogens with zero attached hydrogens (tertiary/aromatic N) is 1. The SMILES string of the molecule is c1ccc(-c2cccc3c2oc2c(C4C5CC6CC(C5)CC4C6)cccc23)nc1. The molecule has 0 aliphatic heterocycles. The van der Waals surface area contributed by atoms with Crippen molar-refractivity contribution in [2.75, 3.05) is 0 Å². The molecule has 2 heterocycles. The largest absolute Gasteiger partial charge is 0.455 e. The van der Waals surface area contributed by atoms with Crippen molar-refractivity contribution in [1.82, 2.24) is 4.98 Å². The average Bonchev–Trinajstić information content (AvgIpc) is 3.13. The van der Waals surface area contributed by atoms with Gasteiger partial charge >= 0.3 is 0 Å². The number of para-hydroxylation sites is 2. The van der Waals surface area contributed by atoms with Gasteiger partial charge in [-0.2, -0.15) is 0 Å². The molecule has 4 aliphatic rings. The lowest BCUT2D eigenvalue weighted by molar-refractivity contribution is -0.00256. The third-order valence-corrected chi connectivity index (χ3v) is 8.08. The summed E-state index contributed by atoms with van der Waals surface area (Å²) in [5.74, 6) is 4.41. The van der Waals surface area contributed by atoms with Gasteiger partial charge in [0, 0.05) is 22.5 Å². The maximum absolute atomic E-state index is 6.69. The zero-order valence-corrected chi connectivity index (χ0v) is 16.6. The van der Waals surface area contributed by atoms with Gasteiger partial charge in [-0.3, -0.25) is 4.98 Å². The Labute approximate surface area is 170 Å². The summed E-state index contributed by atoms with van der Waals surface area (Å²) in [6.07, 6.45) is 9.11. The molecule has 0 amide bonds. The van der Waals surface area contributed by atoms with Gasteiger partial charge in [-0.15, -0.1) is 0 Å². The van der Waals surface area contributed by atoms with Crippen LogP contribution in [0.1, 0.15) is 43.6 Å². The summed E-state index contributed by atoms with van der Waals surface area (Å²) in [6, 6.07) is 19.4. The van der Waals surface area contributed by atoms with Crippen LogP contribution in [-0.2, 0) is 0 Å². The van der Waals surface area contributed by atoms with Gasteiger partial charge in [-0.05, 0) is 85.5 Å². The van der Waals surface area contributed by atoms with Gasteiger partial charge in [0.25, 0.3) is 0 Å². The fraction of sp³-hybridized carbons (Fsp3) is 0.370. The molecule has 4 aromatic rings. The Morgan fingerprint density at radius 1 is 0.690 bits per heavy atom. The average molecular weight is 380 g/mol. The van der Waals surface area contributed by atoms with E-state index >= 15 is 0 Å². The Bertz CT molecular complexity index is 1190. The minimum absolute atomic E-state index is 0.686. The van der Waals surface area contributed by atoms with Gasteiger partial charge in [0.05, 0.1) is 5.69 Å². The molecule has 2 aromatic carbocycles. The quantitative estimate of drug-likeness (QED) is 0.368. The number of aromatic nitrogens is 1. The molecule has 0 unspecified atom stereocenters. The molecular weight excluding hydrogens is 354 g/mol. The molecule has 8 rings (SSSR count). The number of rotatable bonds is 2. The third-order valence-electron chi connectivity index (χ3n) is 8.08. The summed E-state index contributed by atoms with van der Waals surface area (Å²) in [7, 11) is 0. The van der Waals surface area contributed by atoms with Crippen LogP contribution in [0.3, 0.4) is 0 Å². The van der Waals surface area contributed by atoms with Crippen molar-refractivity contribution in [3.63, 3.8) is 0 Å². The van der Waals surface area contributed by atoms with Crippen molar-refractivity contribution in [2.45, 2.75) is 38.0 Å². The number of furan rings is 1. The van der Waals surface area contributed by atoms with Crippen molar-refractivity contribution in [3.8, 4) is 11.3 Å². The van der Waals surface area contributed by atoms with E-state index in [-0.39, 0.29) is 0 Å². The highest BCUT2D eigenvalue weighted by Crippen LogP contribution is 2.60. The highest BCUT2D eigenvalue weighted by molar-refractivity contribution is 6.10. The normalized spacial score (nSPS) is 30.4. The predicted molar refractivity (Wildman–Crippen MR) is 117 cm³/mol. The maximum atomic E-state index is 6.69. The molecule has 0 atom stereocenters. The van der Waals surface area contributed by atoms with Gasteiger partial charge in [-0.1, -0.05) is 36.4 Å². The summed E-state index contributed by atoms with van der Waals surface area (Å²) in [6.45, 7) is 0. The molecule has 4 bridgehead atoms. The van der Waals surface area contributed by atoms with E-state index in [1.54, 1.807) is 0 Å². The summed E-state index contributed by atoms with van der Waals surface area (Å²) >= 11 is 0. The second kappa shape index (κ2) is 5.95. The Kier molecular flexibility index (Phi) is 3.33. The first-order valence-electron chi connectivity index (χ1n) is 11.2. The van der Waals surface area contributed by atoms with Crippen molar-refractivity contribution in [2.24, 2.45) is 23.7 Å². The van der Waals surface area contributed by atoms with E-state index in [0.29, 0.717) is 5.92 Å². The summed E-state index contributed by atoms with van der Waals surface area (Å²) < 4.78 is 6.69. The Balaban J connectivity index is 1.44. The third kappa shape index (κ3) is 2.32. The first-order chi connectivity index (χ1) is 14.3. The van der Waals surface area contributed by atoms with Crippen LogP contribution in [0.15, 0.2) is 65.2 Å². The second-order valence-electron chi connectivity index (χ2n) is 9.68. The maximum Gasteiger partial charge on any atom is 0.144 e. The van der Waals surface area contributed by atoms with Crippen LogP contribution in [0.5, 0.6) is 0 Å². The van der Waals surface area contributed by atoms with E-state index < -0.39 is 0 Å². The standard InChI is InChI=1S/C27H25NO/c1-2-10-28-24(9-1)22-7-3-5-20-21-6-4-8-23(27(21)29-26(20)22)25-18-12-16-11-17(14-18)15-19(25)13-16/h1-10,16-19,25H,11-15H2. The van der Waals surface area contributed by atoms with Gasteiger partial charge in [0.1, 0.15) is 11.2 Å². The highest BCUT2D eigenvalue weighted by Gasteiger charge is 2.49. The smallest absolute Gasteiger partial charge is 0.144 e. The highest BCUT2D eigenvalue weighted by atomic mass is 16.3. The topological polar surface area (TPSA) is 26.0 Å². The van der Waals surface area contributed by atoms with E-state index in [0.717, 1.165) is 46.1 Å². The van der Waals surface area contributed by atoms with Crippen LogP contribution in [0.4, 0.5) is 0 Å². The lowest BCUT2D eigenvalue weighted by Crippen LogP contribution is -2.43. The molecule has 2 heteroatoms. The van der Waals surface area contributed by atoms with Gasteiger partial charge in [-0.25, -0.2) is 0 Å². The number of pyridine rings is 1. The van der Waals surface area contributed by atoms with Crippen LogP contribution in [0.25, 0.3) is 33.2 Å². The molecule has 4 saturated carbocycles. The molecule has 4 aliphatic carbocycles. The Morgan fingerprint density at radius 2 is 1.41 bits per heavy atom. The Morgan fingerprint density at radius 3 is 2.14 bits per heavy atom. The molecule has 2 aromatic heterocycles. The van der Waals surface area contributed by atoms with Gasteiger partial charge in [0.15, 0.2) is 0 Å². The minimum atomic E-state index is 0.686. The molecule has 29 heavy (non-hydrogen) atoms. The molecule has 0 N–H and O–H groups in total. The zero-order valence-electron chi connectivity index (χ0n) is 16.6. The van der Waals surface area contributed by atoms with Crippen molar-refractivity contribution in [3.05, 3.63) is 66.4 Å². The Hall–Kier alpha value is -2.61. The minimum Gasteiger partial charge on any atom is -0.455 e. The van der Waals surface area contributed by atoms with Crippen LogP contribution in [-0.4, -0.2) is 4.98 Å². The molecule has 144 valence electrons. The van der Waals surface area contributed by atoms with Crippen LogP contribution in [0.2, 0.25) is 0 Å². The van der Waals surface area contributed by atoms with Gasteiger partial charge in [0.2, 0.25) is 0 Å². The van der Waals surface area contributed by atoms with E-state index in [9.17, 15) is 0 Å². The number of hydrogen-bond acceptors (Lipinski definition) is 2.